The van der Waals surface area contributed by atoms with Crippen LogP contribution < -0.4 is 0 Å². The summed E-state index contributed by atoms with van der Waals surface area (Å²) in [5, 5.41) is 0. The molecular formula is C17H19Y-. The molecule has 2 aromatic carbocycles. The molecule has 2 rings (SSSR count). The summed E-state index contributed by atoms with van der Waals surface area (Å²) < 4.78 is 0. The number of rotatable bonds is 1. The first-order valence-electron chi connectivity index (χ1n) is 6.07. The van der Waals surface area contributed by atoms with Gasteiger partial charge in [-0.1, -0.05) is 63.6 Å². The predicted octanol–water partition coefficient (Wildman–Crippen LogP) is 4.76. The summed E-state index contributed by atoms with van der Waals surface area (Å²) in [7, 11) is 0. The molecule has 0 aliphatic carbocycles. The first-order valence-corrected chi connectivity index (χ1v) is 6.07. The van der Waals surface area contributed by atoms with Crippen LogP contribution in [0.3, 0.4) is 0 Å². The van der Waals surface area contributed by atoms with E-state index in [9.17, 15) is 0 Å². The van der Waals surface area contributed by atoms with Crippen LogP contribution >= 0.6 is 0 Å². The van der Waals surface area contributed by atoms with Crippen molar-refractivity contribution in [2.45, 2.75) is 33.1 Å². The van der Waals surface area contributed by atoms with Crippen molar-refractivity contribution in [1.29, 1.82) is 0 Å². The molecule has 0 N–H and O–H groups in total. The van der Waals surface area contributed by atoms with Crippen LogP contribution in [-0.4, -0.2) is 0 Å². The van der Waals surface area contributed by atoms with E-state index >= 15 is 0 Å². The van der Waals surface area contributed by atoms with Gasteiger partial charge in [-0.15, -0.1) is 34.9 Å². The van der Waals surface area contributed by atoms with Crippen molar-refractivity contribution < 1.29 is 32.7 Å². The fraction of sp³-hybridized carbons (Fsp3) is 0.294. The maximum absolute atomic E-state index is 3.43. The molecule has 91 valence electrons. The molecule has 0 spiro atoms. The zero-order valence-corrected chi connectivity index (χ0v) is 14.5. The van der Waals surface area contributed by atoms with Gasteiger partial charge < -0.3 is 0 Å². The van der Waals surface area contributed by atoms with E-state index in [4.69, 9.17) is 0 Å². The second-order valence-electron chi connectivity index (χ2n) is 5.56. The summed E-state index contributed by atoms with van der Waals surface area (Å²) in [4.78, 5) is 0. The van der Waals surface area contributed by atoms with Crippen molar-refractivity contribution in [3.63, 3.8) is 0 Å². The molecule has 0 atom stereocenters. The van der Waals surface area contributed by atoms with Crippen molar-refractivity contribution in [3.05, 3.63) is 59.7 Å². The molecule has 0 amide bonds. The molecule has 0 nitrogen and oxygen atoms in total. The Bertz CT molecular complexity index is 507. The van der Waals surface area contributed by atoms with Crippen LogP contribution in [0.25, 0.3) is 11.1 Å². The molecule has 0 bridgehead atoms. The molecule has 0 unspecified atom stereocenters. The zero-order valence-electron chi connectivity index (χ0n) is 11.6. The maximum atomic E-state index is 3.43. The Balaban J connectivity index is 0.00000162. The molecule has 0 fully saturated rings. The summed E-state index contributed by atoms with van der Waals surface area (Å²) in [5.41, 5.74) is 5.28. The normalized spacial score (nSPS) is 10.9. The van der Waals surface area contributed by atoms with Gasteiger partial charge in [0.1, 0.15) is 0 Å². The van der Waals surface area contributed by atoms with Gasteiger partial charge >= 0.3 is 0 Å². The van der Waals surface area contributed by atoms with Gasteiger partial charge in [-0.05, 0) is 5.41 Å². The molecule has 18 heavy (non-hydrogen) atoms. The third-order valence-corrected chi connectivity index (χ3v) is 3.07. The van der Waals surface area contributed by atoms with E-state index in [0.717, 1.165) is 0 Å². The molecule has 0 heterocycles. The summed E-state index contributed by atoms with van der Waals surface area (Å²) in [6, 6.07) is 18.3. The Labute approximate surface area is 136 Å². The van der Waals surface area contributed by atoms with Crippen LogP contribution in [-0.2, 0) is 38.1 Å². The average molecular weight is 312 g/mol. The number of hydrogen-bond donors (Lipinski definition) is 0. The molecule has 1 radical (unpaired) electrons. The molecule has 0 saturated carbocycles. The van der Waals surface area contributed by atoms with Gasteiger partial charge in [-0.2, -0.15) is 0 Å². The van der Waals surface area contributed by atoms with Gasteiger partial charge in [0.2, 0.25) is 0 Å². The van der Waals surface area contributed by atoms with Crippen molar-refractivity contribution in [3.8, 4) is 11.1 Å². The van der Waals surface area contributed by atoms with E-state index in [0.29, 0.717) is 0 Å². The number of hydrogen-bond acceptors (Lipinski definition) is 0. The predicted molar refractivity (Wildman–Crippen MR) is 74.2 cm³/mol. The van der Waals surface area contributed by atoms with Crippen LogP contribution in [0.4, 0.5) is 0 Å². The Morgan fingerprint density at radius 2 is 1.61 bits per heavy atom. The molecule has 0 aliphatic heterocycles. The van der Waals surface area contributed by atoms with Crippen LogP contribution in [0.2, 0.25) is 0 Å². The molecule has 2 aromatic rings. The van der Waals surface area contributed by atoms with Crippen molar-refractivity contribution in [2.24, 2.45) is 0 Å². The van der Waals surface area contributed by atoms with Gasteiger partial charge in [0.25, 0.3) is 0 Å². The summed E-state index contributed by atoms with van der Waals surface area (Å²) in [6.07, 6.45) is 0. The minimum atomic E-state index is 0. The fourth-order valence-electron chi connectivity index (χ4n) is 1.96. The van der Waals surface area contributed by atoms with E-state index < -0.39 is 0 Å². The van der Waals surface area contributed by atoms with Crippen LogP contribution in [0.1, 0.15) is 31.9 Å². The second kappa shape index (κ2) is 6.13. The third kappa shape index (κ3) is 3.52. The van der Waals surface area contributed by atoms with Gasteiger partial charge in [0.15, 0.2) is 0 Å². The SMILES string of the molecule is Cc1cc(C(C)(C)C)c[c-]c1-c1ccccc1.[Y]. The largest absolute Gasteiger partial charge is 0.143 e. The average Bonchev–Trinajstić information content (AvgIpc) is 2.29. The summed E-state index contributed by atoms with van der Waals surface area (Å²) in [5.74, 6) is 0. The van der Waals surface area contributed by atoms with Crippen molar-refractivity contribution >= 4 is 0 Å². The third-order valence-electron chi connectivity index (χ3n) is 3.07. The topological polar surface area (TPSA) is 0 Å². The molecule has 0 aliphatic rings. The second-order valence-corrected chi connectivity index (χ2v) is 5.56. The number of aryl methyl sites for hydroxylation is 1. The molecular weight excluding hydrogens is 293 g/mol. The van der Waals surface area contributed by atoms with E-state index in [1.165, 1.54) is 22.3 Å². The standard InChI is InChI=1S/C17H19.Y/c1-13-12-15(17(2,3)4)10-11-16(13)14-8-6-5-7-9-14;/h5-10,12H,1-4H3;/q-1;. The molecule has 0 aromatic heterocycles. The first kappa shape index (κ1) is 15.6. The Morgan fingerprint density at radius 3 is 2.11 bits per heavy atom. The van der Waals surface area contributed by atoms with Crippen LogP contribution in [0.15, 0.2) is 42.5 Å². The monoisotopic (exact) mass is 312 g/mol. The fourth-order valence-corrected chi connectivity index (χ4v) is 1.96. The van der Waals surface area contributed by atoms with E-state index in [-0.39, 0.29) is 38.1 Å². The van der Waals surface area contributed by atoms with Gasteiger partial charge in [0.05, 0.1) is 0 Å². The number of benzene rings is 2. The Hall–Kier alpha value is -0.456. The minimum absolute atomic E-state index is 0. The minimum Gasteiger partial charge on any atom is -0.143 e. The zero-order chi connectivity index (χ0) is 12.5. The molecule has 0 saturated heterocycles. The molecule has 1 heteroatoms. The Morgan fingerprint density at radius 1 is 1.00 bits per heavy atom. The quantitative estimate of drug-likeness (QED) is 0.666. The van der Waals surface area contributed by atoms with Crippen molar-refractivity contribution in [1.82, 2.24) is 0 Å². The van der Waals surface area contributed by atoms with Crippen LogP contribution in [0, 0.1) is 13.0 Å². The Kier molecular flexibility index (Phi) is 5.31. The van der Waals surface area contributed by atoms with E-state index in [1.54, 1.807) is 0 Å². The summed E-state index contributed by atoms with van der Waals surface area (Å²) >= 11 is 0. The first-order chi connectivity index (χ1) is 7.98. The van der Waals surface area contributed by atoms with Gasteiger partial charge in [-0.25, -0.2) is 0 Å². The van der Waals surface area contributed by atoms with Gasteiger partial charge in [-0.3, -0.25) is 0 Å². The van der Waals surface area contributed by atoms with Gasteiger partial charge in [0, 0.05) is 32.7 Å². The maximum Gasteiger partial charge on any atom is 0 e. The van der Waals surface area contributed by atoms with E-state index in [1.807, 2.05) is 6.07 Å². The van der Waals surface area contributed by atoms with Crippen LogP contribution in [0.5, 0.6) is 0 Å². The van der Waals surface area contributed by atoms with E-state index in [2.05, 4.69) is 70.2 Å². The summed E-state index contributed by atoms with van der Waals surface area (Å²) in [6.45, 7) is 8.86. The smallest absolute Gasteiger partial charge is 0 e. The van der Waals surface area contributed by atoms with Crippen molar-refractivity contribution in [2.75, 3.05) is 0 Å².